The van der Waals surface area contributed by atoms with Gasteiger partial charge in [-0.25, -0.2) is 8.42 Å². The predicted octanol–water partition coefficient (Wildman–Crippen LogP) is 3.99. The molecule has 162 valence electrons. The summed E-state index contributed by atoms with van der Waals surface area (Å²) >= 11 is 14.9. The number of sulfonamides is 1. The fourth-order valence-electron chi connectivity index (χ4n) is 3.56. The molecule has 0 aliphatic carbocycles. The van der Waals surface area contributed by atoms with E-state index >= 15 is 0 Å². The number of phenolic OH excluding ortho intramolecular Hbond substituents is 1. The maximum Gasteiger partial charge on any atom is 0.248 e. The molecular formula is C19H21BrClN3O4S2. The highest BCUT2D eigenvalue weighted by Gasteiger charge is 2.39. The minimum Gasteiger partial charge on any atom is -0.504 e. The second-order valence-electron chi connectivity index (χ2n) is 6.74. The zero-order valence-electron chi connectivity index (χ0n) is 16.1. The van der Waals surface area contributed by atoms with Crippen LogP contribution in [0, 0.1) is 0 Å². The quantitative estimate of drug-likeness (QED) is 0.541. The number of hydrogen-bond donors (Lipinski definition) is 2. The molecule has 3 N–H and O–H groups in total. The molecular weight excluding hydrogens is 514 g/mol. The summed E-state index contributed by atoms with van der Waals surface area (Å²) in [4.78, 5) is 1.01. The van der Waals surface area contributed by atoms with Gasteiger partial charge in [-0.3, -0.25) is 4.90 Å². The van der Waals surface area contributed by atoms with Crippen LogP contribution < -0.4 is 10.6 Å². The van der Waals surface area contributed by atoms with Gasteiger partial charge in [0.15, 0.2) is 10.9 Å². The lowest BCUT2D eigenvalue weighted by molar-refractivity contribution is 0.149. The first-order valence-corrected chi connectivity index (χ1v) is 12.1. The van der Waals surface area contributed by atoms with Crippen LogP contribution in [0.15, 0.2) is 45.8 Å². The minimum absolute atomic E-state index is 0.0682. The Morgan fingerprint density at radius 1 is 1.37 bits per heavy atom. The molecule has 30 heavy (non-hydrogen) atoms. The highest BCUT2D eigenvalue weighted by Crippen LogP contribution is 2.44. The highest BCUT2D eigenvalue weighted by molar-refractivity contribution is 9.10. The van der Waals surface area contributed by atoms with Crippen molar-refractivity contribution in [2.45, 2.75) is 23.8 Å². The van der Waals surface area contributed by atoms with Gasteiger partial charge in [0.05, 0.1) is 23.0 Å². The molecule has 1 fully saturated rings. The Morgan fingerprint density at radius 3 is 2.70 bits per heavy atom. The van der Waals surface area contributed by atoms with Gasteiger partial charge in [0.25, 0.3) is 0 Å². The van der Waals surface area contributed by atoms with Crippen LogP contribution in [0.5, 0.6) is 5.75 Å². The zero-order valence-corrected chi connectivity index (χ0v) is 20.1. The average Bonchev–Trinajstić information content (AvgIpc) is 3.14. The molecule has 0 bridgehead atoms. The Kier molecular flexibility index (Phi) is 7.26. The molecule has 1 aliphatic rings. The number of nitrogens with zero attached hydrogens (tertiary/aromatic N) is 2. The molecule has 0 radical (unpaired) electrons. The molecule has 1 unspecified atom stereocenters. The van der Waals surface area contributed by atoms with E-state index in [1.54, 1.807) is 18.2 Å². The van der Waals surface area contributed by atoms with E-state index in [0.29, 0.717) is 29.5 Å². The predicted molar refractivity (Wildman–Crippen MR) is 125 cm³/mol. The number of phenols is 1. The molecule has 0 saturated carbocycles. The number of anilines is 2. The zero-order chi connectivity index (χ0) is 22.1. The van der Waals surface area contributed by atoms with Gasteiger partial charge in [-0.1, -0.05) is 23.7 Å². The lowest BCUT2D eigenvalue weighted by Crippen LogP contribution is -2.38. The molecule has 2 aromatic rings. The second kappa shape index (κ2) is 9.37. The van der Waals surface area contributed by atoms with Crippen molar-refractivity contribution in [1.82, 2.24) is 4.31 Å². The molecule has 0 aromatic heterocycles. The lowest BCUT2D eigenvalue weighted by atomic mass is 10.2. The first-order chi connectivity index (χ1) is 14.2. The number of methoxy groups -OCH3 is 1. The van der Waals surface area contributed by atoms with E-state index in [2.05, 4.69) is 15.9 Å². The summed E-state index contributed by atoms with van der Waals surface area (Å²) in [5.74, 6) is -0.519. The number of nitrogens with two attached hydrogens (primary N) is 1. The average molecular weight is 535 g/mol. The summed E-state index contributed by atoms with van der Waals surface area (Å²) in [6, 6.07) is 9.67. The van der Waals surface area contributed by atoms with Crippen molar-refractivity contribution < 1.29 is 18.3 Å². The van der Waals surface area contributed by atoms with E-state index in [1.807, 2.05) is 6.07 Å². The number of halogens is 2. The smallest absolute Gasteiger partial charge is 0.248 e. The highest BCUT2D eigenvalue weighted by atomic mass is 79.9. The van der Waals surface area contributed by atoms with Crippen molar-refractivity contribution in [1.29, 1.82) is 0 Å². The monoisotopic (exact) mass is 533 g/mol. The van der Waals surface area contributed by atoms with Crippen LogP contribution in [0.4, 0.5) is 11.4 Å². The van der Waals surface area contributed by atoms with E-state index in [1.165, 1.54) is 28.4 Å². The van der Waals surface area contributed by atoms with Crippen LogP contribution in [0.3, 0.4) is 0 Å². The molecule has 2 aromatic carbocycles. The van der Waals surface area contributed by atoms with Gasteiger partial charge in [0.2, 0.25) is 10.0 Å². The van der Waals surface area contributed by atoms with Crippen molar-refractivity contribution in [3.05, 3.63) is 45.9 Å². The summed E-state index contributed by atoms with van der Waals surface area (Å²) in [5.41, 5.74) is 6.59. The first-order valence-electron chi connectivity index (χ1n) is 9.06. The molecule has 0 amide bonds. The van der Waals surface area contributed by atoms with E-state index in [9.17, 15) is 13.5 Å². The maximum absolute atomic E-state index is 13.4. The minimum atomic E-state index is -4.10. The number of aromatic hydroxyl groups is 1. The Labute approximate surface area is 194 Å². The molecule has 1 saturated heterocycles. The number of benzene rings is 2. The van der Waals surface area contributed by atoms with Gasteiger partial charge in [-0.15, -0.1) is 0 Å². The van der Waals surface area contributed by atoms with Gasteiger partial charge in [0.1, 0.15) is 4.90 Å². The van der Waals surface area contributed by atoms with Crippen LogP contribution in [0.25, 0.3) is 0 Å². The van der Waals surface area contributed by atoms with E-state index in [-0.39, 0.29) is 33.4 Å². The third kappa shape index (κ3) is 4.30. The second-order valence-corrected chi connectivity index (χ2v) is 10.2. The summed E-state index contributed by atoms with van der Waals surface area (Å²) in [7, 11) is -2.58. The lowest BCUT2D eigenvalue weighted by Gasteiger charge is -2.28. The Bertz CT molecular complexity index is 1070. The van der Waals surface area contributed by atoms with Gasteiger partial charge in [-0.05, 0) is 65.3 Å². The molecule has 1 heterocycles. The number of rotatable bonds is 6. The Hall–Kier alpha value is -1.43. The largest absolute Gasteiger partial charge is 0.504 e. The van der Waals surface area contributed by atoms with Crippen molar-refractivity contribution in [2.24, 2.45) is 5.73 Å². The molecule has 0 spiro atoms. The van der Waals surface area contributed by atoms with Gasteiger partial charge < -0.3 is 15.6 Å². The Balaban J connectivity index is 2.16. The third-order valence-electron chi connectivity index (χ3n) is 4.87. The molecule has 1 atom stereocenters. The van der Waals surface area contributed by atoms with E-state index in [0.717, 1.165) is 0 Å². The number of thiocarbonyl (C=S) groups is 1. The molecule has 7 nitrogen and oxygen atoms in total. The van der Waals surface area contributed by atoms with Gasteiger partial charge in [-0.2, -0.15) is 4.31 Å². The van der Waals surface area contributed by atoms with Crippen molar-refractivity contribution in [3.8, 4) is 5.75 Å². The molecule has 3 rings (SSSR count). The summed E-state index contributed by atoms with van der Waals surface area (Å²) in [6.07, 6.45) is 1.36. The SMILES string of the molecule is COCC1CCCN1S(=O)(=O)c1c(Cl)ccc(N(C(N)=S)c2ccccc2Br)c1O. The molecule has 11 heteroatoms. The van der Waals surface area contributed by atoms with E-state index < -0.39 is 15.8 Å². The summed E-state index contributed by atoms with van der Waals surface area (Å²) in [6.45, 7) is 0.576. The van der Waals surface area contributed by atoms with Crippen LogP contribution in [0.2, 0.25) is 5.02 Å². The first kappa shape index (κ1) is 23.2. The normalized spacial score (nSPS) is 17.2. The van der Waals surface area contributed by atoms with Gasteiger partial charge >= 0.3 is 0 Å². The fourth-order valence-corrected chi connectivity index (χ4v) is 6.49. The van der Waals surface area contributed by atoms with Gasteiger partial charge in [0, 0.05) is 24.2 Å². The summed E-state index contributed by atoms with van der Waals surface area (Å²) in [5, 5.41) is 10.9. The Morgan fingerprint density at radius 2 is 2.07 bits per heavy atom. The van der Waals surface area contributed by atoms with Crippen LogP contribution in [0.1, 0.15) is 12.8 Å². The number of hydrogen-bond acceptors (Lipinski definition) is 5. The third-order valence-corrected chi connectivity index (χ3v) is 8.17. The topological polar surface area (TPSA) is 96.1 Å². The number of para-hydroxylation sites is 1. The standard InChI is InChI=1S/C19H21BrClN3O4S2/c1-28-11-12-5-4-10-23(12)30(26,27)18-14(21)8-9-16(17(18)25)24(19(22)29)15-7-3-2-6-13(15)20/h2-3,6-9,12,25H,4-5,10-11H2,1H3,(H2,22,29). The van der Waals surface area contributed by atoms with Crippen LogP contribution >= 0.6 is 39.7 Å². The summed E-state index contributed by atoms with van der Waals surface area (Å²) < 4.78 is 34.0. The van der Waals surface area contributed by atoms with Crippen molar-refractivity contribution in [3.63, 3.8) is 0 Å². The number of ether oxygens (including phenoxy) is 1. The van der Waals surface area contributed by atoms with E-state index in [4.69, 9.17) is 34.3 Å². The molecule has 1 aliphatic heterocycles. The van der Waals surface area contributed by atoms with Crippen LogP contribution in [-0.2, 0) is 14.8 Å². The van der Waals surface area contributed by atoms with Crippen LogP contribution in [-0.4, -0.2) is 49.2 Å². The van der Waals surface area contributed by atoms with Crippen molar-refractivity contribution in [2.75, 3.05) is 25.2 Å². The maximum atomic E-state index is 13.4. The van der Waals surface area contributed by atoms with Crippen molar-refractivity contribution >= 4 is 66.3 Å². The fraction of sp³-hybridized carbons (Fsp3) is 0.316.